The first-order valence-corrected chi connectivity index (χ1v) is 8.60. The Kier molecular flexibility index (Phi) is 3.12. The second kappa shape index (κ2) is 4.89. The van der Waals surface area contributed by atoms with E-state index in [1.165, 1.54) is 30.6 Å². The molecule has 2 aliphatic rings. The van der Waals surface area contributed by atoms with Crippen LogP contribution in [-0.4, -0.2) is 11.9 Å². The predicted octanol–water partition coefficient (Wildman–Crippen LogP) is 4.06. The molecule has 3 atom stereocenters. The average molecular weight is 321 g/mol. The molecular formula is C16H17ClN2OS. The zero-order valence-corrected chi connectivity index (χ0v) is 13.1. The van der Waals surface area contributed by atoms with Crippen LogP contribution >= 0.6 is 22.9 Å². The first-order chi connectivity index (χ1) is 10.1. The number of amides is 1. The van der Waals surface area contributed by atoms with Crippen molar-refractivity contribution in [3.63, 3.8) is 0 Å². The molecule has 2 fully saturated rings. The SMILES string of the molecule is Nc1c(C(=O)NC2CC3CCC2C3)sc2cccc(Cl)c12. The molecule has 4 rings (SSSR count). The van der Waals surface area contributed by atoms with Gasteiger partial charge >= 0.3 is 0 Å². The fraction of sp³-hybridized carbons (Fsp3) is 0.438. The highest BCUT2D eigenvalue weighted by Crippen LogP contribution is 2.45. The van der Waals surface area contributed by atoms with Gasteiger partial charge in [-0.05, 0) is 43.2 Å². The second-order valence-corrected chi connectivity index (χ2v) is 7.67. The van der Waals surface area contributed by atoms with Crippen LogP contribution in [0.1, 0.15) is 35.4 Å². The summed E-state index contributed by atoms with van der Waals surface area (Å²) in [5.41, 5.74) is 6.67. The summed E-state index contributed by atoms with van der Waals surface area (Å²) in [5.74, 6) is 1.44. The number of nitrogens with two attached hydrogens (primary N) is 1. The number of benzene rings is 1. The fourth-order valence-corrected chi connectivity index (χ4v) is 5.34. The lowest BCUT2D eigenvalue weighted by molar-refractivity contribution is 0.0928. The Morgan fingerprint density at radius 2 is 2.19 bits per heavy atom. The van der Waals surface area contributed by atoms with E-state index in [-0.39, 0.29) is 5.91 Å². The topological polar surface area (TPSA) is 55.1 Å². The number of nitrogen functional groups attached to an aromatic ring is 1. The van der Waals surface area contributed by atoms with Crippen LogP contribution in [0, 0.1) is 11.8 Å². The monoisotopic (exact) mass is 320 g/mol. The number of rotatable bonds is 2. The van der Waals surface area contributed by atoms with Gasteiger partial charge in [0.05, 0.1) is 10.7 Å². The standard InChI is InChI=1S/C16H17ClN2OS/c17-10-2-1-3-12-13(10)14(18)15(21-12)16(20)19-11-7-8-4-5-9(11)6-8/h1-3,8-9,11H,4-7,18H2,(H,19,20). The van der Waals surface area contributed by atoms with E-state index in [4.69, 9.17) is 17.3 Å². The third-order valence-corrected chi connectivity index (χ3v) is 6.45. The van der Waals surface area contributed by atoms with Crippen molar-refractivity contribution in [2.45, 2.75) is 31.7 Å². The molecule has 21 heavy (non-hydrogen) atoms. The number of carbonyl (C=O) groups is 1. The van der Waals surface area contributed by atoms with Gasteiger partial charge in [0.15, 0.2) is 0 Å². The van der Waals surface area contributed by atoms with Crippen molar-refractivity contribution in [2.24, 2.45) is 11.8 Å². The van der Waals surface area contributed by atoms with Crippen molar-refractivity contribution in [2.75, 3.05) is 5.73 Å². The van der Waals surface area contributed by atoms with E-state index in [1.54, 1.807) is 0 Å². The summed E-state index contributed by atoms with van der Waals surface area (Å²) in [7, 11) is 0. The van der Waals surface area contributed by atoms with Gasteiger partial charge in [-0.25, -0.2) is 0 Å². The Bertz CT molecular complexity index is 726. The Hall–Kier alpha value is -1.26. The first kappa shape index (κ1) is 13.4. The molecule has 0 radical (unpaired) electrons. The summed E-state index contributed by atoms with van der Waals surface area (Å²) >= 11 is 7.63. The van der Waals surface area contributed by atoms with Gasteiger partial charge in [0.1, 0.15) is 4.88 Å². The van der Waals surface area contributed by atoms with Crippen LogP contribution in [0.4, 0.5) is 5.69 Å². The van der Waals surface area contributed by atoms with E-state index < -0.39 is 0 Å². The summed E-state index contributed by atoms with van der Waals surface area (Å²) < 4.78 is 0.970. The van der Waals surface area contributed by atoms with Crippen molar-refractivity contribution < 1.29 is 4.79 Å². The number of hydrogen-bond acceptors (Lipinski definition) is 3. The van der Waals surface area contributed by atoms with Gasteiger partial charge in [-0.1, -0.05) is 24.1 Å². The maximum absolute atomic E-state index is 12.6. The average Bonchev–Trinajstić information content (AvgIpc) is 3.13. The van der Waals surface area contributed by atoms with Crippen LogP contribution < -0.4 is 11.1 Å². The van der Waals surface area contributed by atoms with Gasteiger partial charge in [0.25, 0.3) is 5.91 Å². The molecule has 0 spiro atoms. The van der Waals surface area contributed by atoms with E-state index in [2.05, 4.69) is 5.32 Å². The molecule has 110 valence electrons. The number of anilines is 1. The van der Waals surface area contributed by atoms with Crippen molar-refractivity contribution in [1.82, 2.24) is 5.32 Å². The normalized spacial score (nSPS) is 27.4. The van der Waals surface area contributed by atoms with Gasteiger partial charge in [0.2, 0.25) is 0 Å². The smallest absolute Gasteiger partial charge is 0.263 e. The molecule has 5 heteroatoms. The quantitative estimate of drug-likeness (QED) is 0.877. The minimum atomic E-state index is -0.0395. The first-order valence-electron chi connectivity index (χ1n) is 7.41. The third-order valence-electron chi connectivity index (χ3n) is 4.96. The molecular weight excluding hydrogens is 304 g/mol. The summed E-state index contributed by atoms with van der Waals surface area (Å²) in [6, 6.07) is 5.98. The molecule has 0 aliphatic heterocycles. The van der Waals surface area contributed by atoms with Crippen LogP contribution in [-0.2, 0) is 0 Å². The van der Waals surface area contributed by atoms with Gasteiger partial charge < -0.3 is 11.1 Å². The van der Waals surface area contributed by atoms with E-state index in [0.717, 1.165) is 22.4 Å². The van der Waals surface area contributed by atoms with Crippen LogP contribution in [0.5, 0.6) is 0 Å². The van der Waals surface area contributed by atoms with Gasteiger partial charge in [-0.3, -0.25) is 4.79 Å². The number of halogens is 1. The summed E-state index contributed by atoms with van der Waals surface area (Å²) in [5, 5.41) is 4.62. The number of thiophene rings is 1. The molecule has 3 unspecified atom stereocenters. The molecule has 0 saturated heterocycles. The number of fused-ring (bicyclic) bond motifs is 3. The lowest BCUT2D eigenvalue weighted by Gasteiger charge is -2.22. The maximum Gasteiger partial charge on any atom is 0.263 e. The van der Waals surface area contributed by atoms with Gasteiger partial charge in [0, 0.05) is 16.1 Å². The van der Waals surface area contributed by atoms with Crippen LogP contribution in [0.15, 0.2) is 18.2 Å². The number of nitrogens with one attached hydrogen (secondary N) is 1. The number of hydrogen-bond donors (Lipinski definition) is 2. The highest BCUT2D eigenvalue weighted by atomic mass is 35.5. The van der Waals surface area contributed by atoms with Crippen LogP contribution in [0.2, 0.25) is 5.02 Å². The summed E-state index contributed by atoms with van der Waals surface area (Å²) in [6.07, 6.45) is 4.99. The Balaban J connectivity index is 1.62. The lowest BCUT2D eigenvalue weighted by atomic mass is 9.95. The van der Waals surface area contributed by atoms with Crippen molar-refractivity contribution in [1.29, 1.82) is 0 Å². The fourth-order valence-electron chi connectivity index (χ4n) is 3.95. The molecule has 1 aromatic heterocycles. The molecule has 2 aromatic rings. The largest absolute Gasteiger partial charge is 0.397 e. The zero-order valence-electron chi connectivity index (χ0n) is 11.6. The van der Waals surface area contributed by atoms with E-state index in [9.17, 15) is 4.79 Å². The minimum absolute atomic E-state index is 0.0395. The van der Waals surface area contributed by atoms with Crippen molar-refractivity contribution in [3.05, 3.63) is 28.1 Å². The summed E-state index contributed by atoms with van der Waals surface area (Å²) in [6.45, 7) is 0. The minimum Gasteiger partial charge on any atom is -0.397 e. The van der Waals surface area contributed by atoms with Crippen molar-refractivity contribution in [3.8, 4) is 0 Å². The predicted molar refractivity (Wildman–Crippen MR) is 87.9 cm³/mol. The van der Waals surface area contributed by atoms with Crippen LogP contribution in [0.3, 0.4) is 0 Å². The van der Waals surface area contributed by atoms with Gasteiger partial charge in [-0.15, -0.1) is 11.3 Å². The molecule has 3 nitrogen and oxygen atoms in total. The highest BCUT2D eigenvalue weighted by molar-refractivity contribution is 7.21. The molecule has 1 aromatic carbocycles. The maximum atomic E-state index is 12.6. The lowest BCUT2D eigenvalue weighted by Crippen LogP contribution is -2.38. The van der Waals surface area contributed by atoms with Gasteiger partial charge in [-0.2, -0.15) is 0 Å². The van der Waals surface area contributed by atoms with E-state index in [1.807, 2.05) is 18.2 Å². The molecule has 2 bridgehead atoms. The molecule has 1 heterocycles. The van der Waals surface area contributed by atoms with E-state index in [0.29, 0.717) is 27.5 Å². The molecule has 3 N–H and O–H groups in total. The Morgan fingerprint density at radius 3 is 2.86 bits per heavy atom. The Morgan fingerprint density at radius 1 is 1.33 bits per heavy atom. The molecule has 1 amide bonds. The third kappa shape index (κ3) is 2.12. The van der Waals surface area contributed by atoms with Crippen molar-refractivity contribution >= 4 is 44.6 Å². The molecule has 2 saturated carbocycles. The zero-order chi connectivity index (χ0) is 14.6. The highest BCUT2D eigenvalue weighted by Gasteiger charge is 2.40. The summed E-state index contributed by atoms with van der Waals surface area (Å²) in [4.78, 5) is 13.2. The Labute approximate surface area is 132 Å². The number of carbonyl (C=O) groups excluding carboxylic acids is 1. The van der Waals surface area contributed by atoms with Crippen LogP contribution in [0.25, 0.3) is 10.1 Å². The molecule has 2 aliphatic carbocycles. The van der Waals surface area contributed by atoms with E-state index >= 15 is 0 Å². The second-order valence-electron chi connectivity index (χ2n) is 6.21.